The SMILES string of the molecule is Brc1cc2cn(C3CCCCC3)nc2cc1N1CCOCC1. The summed E-state index contributed by atoms with van der Waals surface area (Å²) in [6, 6.07) is 5.03. The van der Waals surface area contributed by atoms with Gasteiger partial charge in [-0.3, -0.25) is 4.68 Å². The van der Waals surface area contributed by atoms with Crippen LogP contribution in [-0.2, 0) is 4.74 Å². The minimum atomic E-state index is 0.590. The molecule has 1 aliphatic heterocycles. The highest BCUT2D eigenvalue weighted by Gasteiger charge is 2.19. The van der Waals surface area contributed by atoms with Crippen LogP contribution in [0.15, 0.2) is 22.8 Å². The number of morpholine rings is 1. The summed E-state index contributed by atoms with van der Waals surface area (Å²) in [6.45, 7) is 3.52. The predicted molar refractivity (Wildman–Crippen MR) is 92.6 cm³/mol. The van der Waals surface area contributed by atoms with E-state index in [0.29, 0.717) is 6.04 Å². The van der Waals surface area contributed by atoms with Crippen LogP contribution in [0.5, 0.6) is 0 Å². The summed E-state index contributed by atoms with van der Waals surface area (Å²) in [4.78, 5) is 2.38. The average Bonchev–Trinajstić information content (AvgIpc) is 2.98. The molecule has 0 spiro atoms. The van der Waals surface area contributed by atoms with Gasteiger partial charge in [-0.25, -0.2) is 0 Å². The van der Waals surface area contributed by atoms with Crippen molar-refractivity contribution in [2.24, 2.45) is 0 Å². The van der Waals surface area contributed by atoms with E-state index < -0.39 is 0 Å². The topological polar surface area (TPSA) is 30.3 Å². The Hall–Kier alpha value is -1.07. The zero-order valence-electron chi connectivity index (χ0n) is 12.8. The van der Waals surface area contributed by atoms with Crippen molar-refractivity contribution in [1.82, 2.24) is 9.78 Å². The van der Waals surface area contributed by atoms with Gasteiger partial charge in [0.1, 0.15) is 0 Å². The quantitative estimate of drug-likeness (QED) is 0.802. The van der Waals surface area contributed by atoms with E-state index in [9.17, 15) is 0 Å². The van der Waals surface area contributed by atoms with Gasteiger partial charge in [0.25, 0.3) is 0 Å². The van der Waals surface area contributed by atoms with Crippen molar-refractivity contribution in [2.75, 3.05) is 31.2 Å². The Morgan fingerprint density at radius 3 is 2.64 bits per heavy atom. The van der Waals surface area contributed by atoms with Gasteiger partial charge in [-0.05, 0) is 40.9 Å². The van der Waals surface area contributed by atoms with Crippen LogP contribution in [0.3, 0.4) is 0 Å². The first kappa shape index (κ1) is 14.5. The summed E-state index contributed by atoms with van der Waals surface area (Å²) in [7, 11) is 0. The van der Waals surface area contributed by atoms with Crippen molar-refractivity contribution in [2.45, 2.75) is 38.1 Å². The molecule has 1 aromatic carbocycles. The molecule has 4 nitrogen and oxygen atoms in total. The molecule has 0 unspecified atom stereocenters. The number of benzene rings is 1. The maximum absolute atomic E-state index is 5.46. The van der Waals surface area contributed by atoms with Crippen molar-refractivity contribution >= 4 is 32.5 Å². The summed E-state index contributed by atoms with van der Waals surface area (Å²) in [5, 5.41) is 6.10. The van der Waals surface area contributed by atoms with Crippen molar-refractivity contribution in [1.29, 1.82) is 0 Å². The number of rotatable bonds is 2. The molecule has 4 rings (SSSR count). The second-order valence-corrected chi connectivity index (χ2v) is 7.22. The van der Waals surface area contributed by atoms with Crippen LogP contribution in [0.4, 0.5) is 5.69 Å². The molecule has 1 aliphatic carbocycles. The number of hydrogen-bond acceptors (Lipinski definition) is 3. The summed E-state index contributed by atoms with van der Waals surface area (Å²) in [5.74, 6) is 0. The maximum Gasteiger partial charge on any atom is 0.0944 e. The fourth-order valence-electron chi connectivity index (χ4n) is 3.63. The van der Waals surface area contributed by atoms with E-state index in [-0.39, 0.29) is 0 Å². The molecular weight excluding hydrogens is 342 g/mol. The molecule has 2 aromatic rings. The molecule has 2 heterocycles. The summed E-state index contributed by atoms with van der Waals surface area (Å²) in [6.07, 6.45) is 8.81. The van der Waals surface area contributed by atoms with Gasteiger partial charge in [0, 0.05) is 29.1 Å². The molecule has 5 heteroatoms. The largest absolute Gasteiger partial charge is 0.378 e. The van der Waals surface area contributed by atoms with Crippen LogP contribution in [0.2, 0.25) is 0 Å². The van der Waals surface area contributed by atoms with Crippen LogP contribution >= 0.6 is 15.9 Å². The van der Waals surface area contributed by atoms with E-state index in [1.165, 1.54) is 43.2 Å². The van der Waals surface area contributed by atoms with Gasteiger partial charge in [0.05, 0.1) is 30.5 Å². The van der Waals surface area contributed by atoms with Gasteiger partial charge in [0.15, 0.2) is 0 Å². The Labute approximate surface area is 139 Å². The van der Waals surface area contributed by atoms with E-state index in [4.69, 9.17) is 9.84 Å². The second kappa shape index (κ2) is 6.20. The van der Waals surface area contributed by atoms with E-state index in [0.717, 1.165) is 36.3 Å². The third-order valence-electron chi connectivity index (χ3n) is 4.89. The van der Waals surface area contributed by atoms with E-state index >= 15 is 0 Å². The number of nitrogens with zero attached hydrogens (tertiary/aromatic N) is 3. The zero-order chi connectivity index (χ0) is 14.9. The molecule has 1 saturated heterocycles. The molecule has 0 N–H and O–H groups in total. The number of ether oxygens (including phenoxy) is 1. The van der Waals surface area contributed by atoms with E-state index in [2.05, 4.69) is 43.8 Å². The van der Waals surface area contributed by atoms with Crippen molar-refractivity contribution < 1.29 is 4.74 Å². The number of anilines is 1. The minimum absolute atomic E-state index is 0.590. The Kier molecular flexibility index (Phi) is 4.09. The number of hydrogen-bond donors (Lipinski definition) is 0. The normalized spacial score (nSPS) is 20.7. The lowest BCUT2D eigenvalue weighted by Crippen LogP contribution is -2.36. The molecule has 0 bridgehead atoms. The molecule has 0 amide bonds. The molecule has 2 aliphatic rings. The van der Waals surface area contributed by atoms with Crippen LogP contribution < -0.4 is 4.90 Å². The molecule has 0 radical (unpaired) electrons. The first-order chi connectivity index (χ1) is 10.8. The average molecular weight is 364 g/mol. The van der Waals surface area contributed by atoms with Crippen molar-refractivity contribution in [3.05, 3.63) is 22.8 Å². The van der Waals surface area contributed by atoms with Gasteiger partial charge >= 0.3 is 0 Å². The molecule has 118 valence electrons. The fraction of sp³-hybridized carbons (Fsp3) is 0.588. The van der Waals surface area contributed by atoms with Gasteiger partial charge in [-0.2, -0.15) is 5.10 Å². The van der Waals surface area contributed by atoms with E-state index in [1.54, 1.807) is 0 Å². The highest BCUT2D eigenvalue weighted by Crippen LogP contribution is 2.33. The van der Waals surface area contributed by atoms with Crippen molar-refractivity contribution in [3.63, 3.8) is 0 Å². The highest BCUT2D eigenvalue weighted by atomic mass is 79.9. The standard InChI is InChI=1S/C17H22BrN3O/c18-15-10-13-12-21(14-4-2-1-3-5-14)19-16(13)11-17(15)20-6-8-22-9-7-20/h10-12,14H,1-9H2. The molecule has 0 atom stereocenters. The van der Waals surface area contributed by atoms with Gasteiger partial charge < -0.3 is 9.64 Å². The number of halogens is 1. The smallest absolute Gasteiger partial charge is 0.0944 e. The van der Waals surface area contributed by atoms with Gasteiger partial charge in [0.2, 0.25) is 0 Å². The Balaban J connectivity index is 1.67. The Morgan fingerprint density at radius 2 is 1.86 bits per heavy atom. The molecular formula is C17H22BrN3O. The second-order valence-electron chi connectivity index (χ2n) is 6.36. The van der Waals surface area contributed by atoms with Crippen molar-refractivity contribution in [3.8, 4) is 0 Å². The van der Waals surface area contributed by atoms with Gasteiger partial charge in [-0.15, -0.1) is 0 Å². The van der Waals surface area contributed by atoms with Gasteiger partial charge in [-0.1, -0.05) is 19.3 Å². The molecule has 1 saturated carbocycles. The summed E-state index contributed by atoms with van der Waals surface area (Å²) in [5.41, 5.74) is 2.35. The predicted octanol–water partition coefficient (Wildman–Crippen LogP) is 4.14. The van der Waals surface area contributed by atoms with Crippen LogP contribution in [0, 0.1) is 0 Å². The lowest BCUT2D eigenvalue weighted by Gasteiger charge is -2.29. The molecule has 1 aromatic heterocycles. The fourth-order valence-corrected chi connectivity index (χ4v) is 4.24. The molecule has 22 heavy (non-hydrogen) atoms. The summed E-state index contributed by atoms with van der Waals surface area (Å²) >= 11 is 3.74. The lowest BCUT2D eigenvalue weighted by molar-refractivity contribution is 0.122. The van der Waals surface area contributed by atoms with E-state index in [1.807, 2.05) is 0 Å². The number of aromatic nitrogens is 2. The van der Waals surface area contributed by atoms with Crippen LogP contribution in [0.1, 0.15) is 38.1 Å². The monoisotopic (exact) mass is 363 g/mol. The maximum atomic E-state index is 5.46. The third kappa shape index (κ3) is 2.76. The Bertz CT molecular complexity index is 657. The first-order valence-corrected chi connectivity index (χ1v) is 9.12. The summed E-state index contributed by atoms with van der Waals surface area (Å²) < 4.78 is 8.82. The minimum Gasteiger partial charge on any atom is -0.378 e. The lowest BCUT2D eigenvalue weighted by atomic mass is 9.96. The third-order valence-corrected chi connectivity index (χ3v) is 5.53. The first-order valence-electron chi connectivity index (χ1n) is 8.32. The van der Waals surface area contributed by atoms with Crippen LogP contribution in [-0.4, -0.2) is 36.1 Å². The number of fused-ring (bicyclic) bond motifs is 1. The highest BCUT2D eigenvalue weighted by molar-refractivity contribution is 9.10. The Morgan fingerprint density at radius 1 is 1.09 bits per heavy atom. The molecule has 2 fully saturated rings. The zero-order valence-corrected chi connectivity index (χ0v) is 14.4. The van der Waals surface area contributed by atoms with Crippen LogP contribution in [0.25, 0.3) is 10.9 Å².